The van der Waals surface area contributed by atoms with Crippen LogP contribution >= 0.6 is 0 Å². The van der Waals surface area contributed by atoms with Crippen molar-refractivity contribution in [1.82, 2.24) is 0 Å². The number of hydrogen-bond acceptors (Lipinski definition) is 3. The number of aldehydes is 1. The summed E-state index contributed by atoms with van der Waals surface area (Å²) < 4.78 is 12.3. The molecule has 1 rings (SSSR count). The molecule has 1 saturated heterocycles. The molecule has 4 heteroatoms. The molecule has 0 aliphatic carbocycles. The zero-order valence-corrected chi connectivity index (χ0v) is 15.1. The Labute approximate surface area is 125 Å². The third-order valence-corrected chi connectivity index (χ3v) is 9.79. The lowest BCUT2D eigenvalue weighted by molar-refractivity contribution is -0.117. The molecule has 20 heavy (non-hydrogen) atoms. The highest BCUT2D eigenvalue weighted by Gasteiger charge is 2.47. The van der Waals surface area contributed by atoms with Crippen molar-refractivity contribution in [2.75, 3.05) is 13.2 Å². The van der Waals surface area contributed by atoms with Crippen LogP contribution < -0.4 is 0 Å². The molecule has 0 bridgehead atoms. The average Bonchev–Trinajstić information content (AvgIpc) is 2.37. The molecule has 0 unspecified atom stereocenters. The molecule has 0 amide bonds. The number of hydrogen-bond donors (Lipinski definition) is 0. The van der Waals surface area contributed by atoms with E-state index in [9.17, 15) is 4.79 Å². The van der Waals surface area contributed by atoms with Gasteiger partial charge in [-0.15, -0.1) is 0 Å². The van der Waals surface area contributed by atoms with Gasteiger partial charge >= 0.3 is 0 Å². The van der Waals surface area contributed by atoms with Gasteiger partial charge in [0.1, 0.15) is 6.29 Å². The summed E-state index contributed by atoms with van der Waals surface area (Å²) in [5.74, 6) is 0.445. The molecule has 1 aliphatic heterocycles. The van der Waals surface area contributed by atoms with E-state index >= 15 is 0 Å². The van der Waals surface area contributed by atoms with Crippen molar-refractivity contribution in [3.05, 3.63) is 0 Å². The molecular formula is C16H32O3Si. The van der Waals surface area contributed by atoms with Crippen LogP contribution in [0.5, 0.6) is 0 Å². The molecule has 0 aromatic rings. The van der Waals surface area contributed by atoms with Gasteiger partial charge in [0.2, 0.25) is 0 Å². The van der Waals surface area contributed by atoms with E-state index in [-0.39, 0.29) is 10.6 Å². The first-order valence-electron chi connectivity index (χ1n) is 7.90. The van der Waals surface area contributed by atoms with Gasteiger partial charge in [-0.05, 0) is 43.3 Å². The first kappa shape index (κ1) is 17.9. The maximum Gasteiger partial charge on any atom is 0.192 e. The van der Waals surface area contributed by atoms with E-state index in [1.807, 2.05) is 0 Å². The van der Waals surface area contributed by atoms with E-state index in [0.29, 0.717) is 12.3 Å². The first-order chi connectivity index (χ1) is 9.18. The summed E-state index contributed by atoms with van der Waals surface area (Å²) in [6, 6.07) is 0. The van der Waals surface area contributed by atoms with Gasteiger partial charge in [0.05, 0.1) is 5.60 Å². The van der Waals surface area contributed by atoms with Gasteiger partial charge in [-0.1, -0.05) is 27.7 Å². The second-order valence-corrected chi connectivity index (χ2v) is 12.3. The van der Waals surface area contributed by atoms with E-state index < -0.39 is 8.32 Å². The second-order valence-electron chi connectivity index (χ2n) is 7.54. The lowest BCUT2D eigenvalue weighted by Gasteiger charge is -2.49. The molecule has 0 N–H and O–H groups in total. The van der Waals surface area contributed by atoms with Crippen molar-refractivity contribution in [2.24, 2.45) is 5.92 Å². The van der Waals surface area contributed by atoms with Crippen molar-refractivity contribution >= 4 is 14.6 Å². The van der Waals surface area contributed by atoms with Crippen LogP contribution in [0.4, 0.5) is 0 Å². The Bertz CT molecular complexity index is 316. The fourth-order valence-electron chi connectivity index (χ4n) is 2.82. The lowest BCUT2D eigenvalue weighted by Crippen LogP contribution is -2.54. The van der Waals surface area contributed by atoms with Gasteiger partial charge in [0.15, 0.2) is 8.32 Å². The maximum absolute atomic E-state index is 11.3. The average molecular weight is 301 g/mol. The third-order valence-electron chi connectivity index (χ3n) is 5.26. The van der Waals surface area contributed by atoms with E-state index in [1.54, 1.807) is 0 Å². The third kappa shape index (κ3) is 3.92. The molecule has 0 radical (unpaired) electrons. The smallest absolute Gasteiger partial charge is 0.192 e. The predicted octanol–water partition coefficient (Wildman–Crippen LogP) is 4.17. The van der Waals surface area contributed by atoms with Gasteiger partial charge in [0, 0.05) is 19.6 Å². The summed E-state index contributed by atoms with van der Waals surface area (Å²) in [5.41, 5.74) is -0.283. The fraction of sp³-hybridized carbons (Fsp3) is 0.938. The van der Waals surface area contributed by atoms with E-state index in [2.05, 4.69) is 40.8 Å². The number of rotatable bonds is 6. The minimum atomic E-state index is -1.88. The molecule has 1 atom stereocenters. The van der Waals surface area contributed by atoms with Gasteiger partial charge in [-0.3, -0.25) is 0 Å². The van der Waals surface area contributed by atoms with Crippen LogP contribution in [-0.2, 0) is 14.0 Å². The Kier molecular flexibility index (Phi) is 5.99. The Hall–Kier alpha value is -0.193. The Morgan fingerprint density at radius 3 is 2.20 bits per heavy atom. The normalized spacial score (nSPS) is 21.5. The zero-order valence-electron chi connectivity index (χ0n) is 14.1. The van der Waals surface area contributed by atoms with Crippen LogP contribution in [0.3, 0.4) is 0 Å². The summed E-state index contributed by atoms with van der Waals surface area (Å²) in [4.78, 5) is 11.3. The monoisotopic (exact) mass is 300 g/mol. The molecule has 1 fully saturated rings. The maximum atomic E-state index is 11.3. The molecule has 0 aromatic heterocycles. The van der Waals surface area contributed by atoms with Crippen LogP contribution in [0.15, 0.2) is 0 Å². The SMILES string of the molecule is CC[C@@](CC=O)(O[Si](C)(C)C(C)(C)C)C1CCOCC1. The number of carbonyl (C=O) groups excluding carboxylic acids is 1. The van der Waals surface area contributed by atoms with Gasteiger partial charge in [-0.25, -0.2) is 0 Å². The fourth-order valence-corrected chi connectivity index (χ4v) is 4.54. The highest BCUT2D eigenvalue weighted by molar-refractivity contribution is 6.74. The first-order valence-corrected chi connectivity index (χ1v) is 10.8. The predicted molar refractivity (Wildman–Crippen MR) is 85.5 cm³/mol. The minimum Gasteiger partial charge on any atom is -0.411 e. The highest BCUT2D eigenvalue weighted by atomic mass is 28.4. The minimum absolute atomic E-state index is 0.168. The summed E-state index contributed by atoms with van der Waals surface area (Å²) in [6.45, 7) is 15.1. The van der Waals surface area contributed by atoms with Crippen molar-refractivity contribution in [3.63, 3.8) is 0 Å². The zero-order chi connectivity index (χ0) is 15.4. The van der Waals surface area contributed by atoms with E-state index in [4.69, 9.17) is 9.16 Å². The molecule has 118 valence electrons. The van der Waals surface area contributed by atoms with Crippen molar-refractivity contribution in [3.8, 4) is 0 Å². The standard InChI is InChI=1S/C16H32O3Si/c1-7-16(10-11-17,14-8-12-18-13-9-14)19-20(5,6)15(2,3)4/h11,14H,7-10,12-13H2,1-6H3/t16-/m0/s1. The summed E-state index contributed by atoms with van der Waals surface area (Å²) >= 11 is 0. The van der Waals surface area contributed by atoms with E-state index in [1.165, 1.54) is 0 Å². The molecule has 1 aliphatic rings. The topological polar surface area (TPSA) is 35.5 Å². The summed E-state index contributed by atoms with van der Waals surface area (Å²) in [7, 11) is -1.88. The van der Waals surface area contributed by atoms with Gasteiger partial charge in [-0.2, -0.15) is 0 Å². The van der Waals surface area contributed by atoms with Crippen LogP contribution in [0, 0.1) is 5.92 Å². The van der Waals surface area contributed by atoms with Crippen LogP contribution in [0.1, 0.15) is 53.4 Å². The Morgan fingerprint density at radius 1 is 1.25 bits per heavy atom. The van der Waals surface area contributed by atoms with E-state index in [0.717, 1.165) is 38.8 Å². The van der Waals surface area contributed by atoms with Gasteiger partial charge in [0.25, 0.3) is 0 Å². The summed E-state index contributed by atoms with van der Waals surface area (Å²) in [5, 5.41) is 0.168. The summed E-state index contributed by atoms with van der Waals surface area (Å²) in [6.07, 6.45) is 4.49. The molecule has 3 nitrogen and oxygen atoms in total. The number of ether oxygens (including phenoxy) is 1. The van der Waals surface area contributed by atoms with Crippen LogP contribution in [0.2, 0.25) is 18.1 Å². The molecule has 0 spiro atoms. The molecule has 1 heterocycles. The molecule has 0 aromatic carbocycles. The van der Waals surface area contributed by atoms with Crippen LogP contribution in [0.25, 0.3) is 0 Å². The largest absolute Gasteiger partial charge is 0.411 e. The van der Waals surface area contributed by atoms with Crippen molar-refractivity contribution in [2.45, 2.75) is 77.1 Å². The van der Waals surface area contributed by atoms with Crippen molar-refractivity contribution < 1.29 is 14.0 Å². The molecule has 0 saturated carbocycles. The van der Waals surface area contributed by atoms with Gasteiger partial charge < -0.3 is 14.0 Å². The lowest BCUT2D eigenvalue weighted by atomic mass is 9.78. The van der Waals surface area contributed by atoms with Crippen LogP contribution in [-0.4, -0.2) is 33.4 Å². The quantitative estimate of drug-likeness (QED) is 0.545. The molecular weight excluding hydrogens is 268 g/mol. The number of carbonyl (C=O) groups is 1. The second kappa shape index (κ2) is 6.71. The Morgan fingerprint density at radius 2 is 1.80 bits per heavy atom. The van der Waals surface area contributed by atoms with Crippen molar-refractivity contribution in [1.29, 1.82) is 0 Å². The Balaban J connectivity index is 3.01. The highest BCUT2D eigenvalue weighted by Crippen LogP contribution is 2.44.